The van der Waals surface area contributed by atoms with Gasteiger partial charge in [0.1, 0.15) is 10.8 Å². The van der Waals surface area contributed by atoms with Crippen LogP contribution in [0.2, 0.25) is 0 Å². The third-order valence-corrected chi connectivity index (χ3v) is 4.89. The zero-order chi connectivity index (χ0) is 18.4. The summed E-state index contributed by atoms with van der Waals surface area (Å²) in [5.74, 6) is 0.0599. The number of nitrogens with zero attached hydrogens (tertiary/aromatic N) is 1. The Morgan fingerprint density at radius 1 is 1.36 bits per heavy atom. The van der Waals surface area contributed by atoms with Crippen molar-refractivity contribution in [3.8, 4) is 5.75 Å². The van der Waals surface area contributed by atoms with Crippen LogP contribution in [0.4, 0.5) is 5.00 Å². The Morgan fingerprint density at radius 2 is 2.12 bits per heavy atom. The Labute approximate surface area is 151 Å². The van der Waals surface area contributed by atoms with Crippen molar-refractivity contribution in [1.82, 2.24) is 4.90 Å². The Bertz CT molecular complexity index is 745. The summed E-state index contributed by atoms with van der Waals surface area (Å²) in [6.07, 6.45) is 0. The molecule has 1 atom stereocenters. The maximum Gasteiger partial charge on any atom is 0.251 e. The van der Waals surface area contributed by atoms with Gasteiger partial charge in [-0.2, -0.15) is 0 Å². The van der Waals surface area contributed by atoms with Crippen LogP contribution >= 0.6 is 11.3 Å². The molecule has 1 heterocycles. The number of anilines is 1. The van der Waals surface area contributed by atoms with Crippen LogP contribution in [0.25, 0.3) is 0 Å². The molecule has 0 fully saturated rings. The van der Waals surface area contributed by atoms with Gasteiger partial charge in [0.25, 0.3) is 5.91 Å². The number of primary amides is 1. The molecule has 2 amide bonds. The number of hydrogen-bond donors (Lipinski definition) is 2. The van der Waals surface area contributed by atoms with Gasteiger partial charge in [-0.1, -0.05) is 19.1 Å². The number of nitrogens with two attached hydrogens (primary N) is 1. The Balaban J connectivity index is 2.06. The van der Waals surface area contributed by atoms with E-state index < -0.39 is 5.91 Å². The number of likely N-dealkylation sites (N-methyl/N-ethyl adjacent to an activating group) is 1. The number of amides is 2. The maximum absolute atomic E-state index is 12.4. The molecule has 1 unspecified atom stereocenters. The minimum atomic E-state index is -0.548. The lowest BCUT2D eigenvalue weighted by Gasteiger charge is -2.27. The van der Waals surface area contributed by atoms with Crippen LogP contribution in [0.15, 0.2) is 35.7 Å². The Morgan fingerprint density at radius 3 is 2.76 bits per heavy atom. The fraction of sp³-hybridized carbons (Fsp3) is 0.333. The fourth-order valence-electron chi connectivity index (χ4n) is 2.59. The average molecular weight is 361 g/mol. The topological polar surface area (TPSA) is 84.7 Å². The van der Waals surface area contributed by atoms with E-state index in [0.717, 1.165) is 11.3 Å². The second-order valence-electron chi connectivity index (χ2n) is 5.59. The molecule has 0 aliphatic carbocycles. The van der Waals surface area contributed by atoms with Crippen molar-refractivity contribution in [3.63, 3.8) is 0 Å². The highest BCUT2D eigenvalue weighted by molar-refractivity contribution is 7.14. The van der Waals surface area contributed by atoms with Crippen molar-refractivity contribution >= 4 is 28.2 Å². The molecule has 2 rings (SSSR count). The highest BCUT2D eigenvalue weighted by Crippen LogP contribution is 2.25. The van der Waals surface area contributed by atoms with Crippen LogP contribution in [0, 0.1) is 0 Å². The molecule has 1 aromatic heterocycles. The van der Waals surface area contributed by atoms with Gasteiger partial charge >= 0.3 is 0 Å². The summed E-state index contributed by atoms with van der Waals surface area (Å²) in [6.45, 7) is 4.97. The summed E-state index contributed by atoms with van der Waals surface area (Å²) < 4.78 is 5.27. The van der Waals surface area contributed by atoms with Gasteiger partial charge < -0.3 is 15.8 Å². The summed E-state index contributed by atoms with van der Waals surface area (Å²) >= 11 is 1.28. The number of carbonyl (C=O) groups is 2. The number of nitrogens with one attached hydrogen (secondary N) is 1. The van der Waals surface area contributed by atoms with Crippen molar-refractivity contribution in [2.24, 2.45) is 5.73 Å². The number of thiophene rings is 1. The lowest BCUT2D eigenvalue weighted by molar-refractivity contribution is -0.117. The van der Waals surface area contributed by atoms with Crippen molar-refractivity contribution in [3.05, 3.63) is 46.8 Å². The molecule has 0 saturated carbocycles. The first-order chi connectivity index (χ1) is 12.0. The van der Waals surface area contributed by atoms with Crippen molar-refractivity contribution in [1.29, 1.82) is 0 Å². The molecule has 0 radical (unpaired) electrons. The van der Waals surface area contributed by atoms with E-state index in [1.54, 1.807) is 18.6 Å². The van der Waals surface area contributed by atoms with E-state index in [4.69, 9.17) is 10.5 Å². The van der Waals surface area contributed by atoms with Crippen LogP contribution in [0.1, 0.15) is 35.8 Å². The lowest BCUT2D eigenvalue weighted by Crippen LogP contribution is -2.35. The quantitative estimate of drug-likeness (QED) is 0.757. The normalized spacial score (nSPS) is 12.0. The molecule has 0 saturated heterocycles. The van der Waals surface area contributed by atoms with Crippen LogP contribution in [0.3, 0.4) is 0 Å². The molecule has 1 aromatic carbocycles. The second kappa shape index (κ2) is 8.64. The van der Waals surface area contributed by atoms with E-state index in [0.29, 0.717) is 17.1 Å². The van der Waals surface area contributed by atoms with Crippen LogP contribution in [-0.2, 0) is 4.79 Å². The molecule has 0 aliphatic heterocycles. The second-order valence-corrected chi connectivity index (χ2v) is 6.51. The predicted octanol–water partition coefficient (Wildman–Crippen LogP) is 2.88. The zero-order valence-corrected chi connectivity index (χ0v) is 15.4. The van der Waals surface area contributed by atoms with E-state index in [1.165, 1.54) is 11.3 Å². The molecule has 2 aromatic rings. The molecule has 0 bridgehead atoms. The van der Waals surface area contributed by atoms with Gasteiger partial charge in [-0.15, -0.1) is 11.3 Å². The molecular formula is C18H23N3O3S. The first kappa shape index (κ1) is 19.0. The molecule has 25 heavy (non-hydrogen) atoms. The highest BCUT2D eigenvalue weighted by atomic mass is 32.1. The van der Waals surface area contributed by atoms with E-state index >= 15 is 0 Å². The Hall–Kier alpha value is -2.38. The van der Waals surface area contributed by atoms with Crippen LogP contribution in [-0.4, -0.2) is 36.9 Å². The third-order valence-electron chi connectivity index (χ3n) is 4.06. The van der Waals surface area contributed by atoms with Crippen LogP contribution < -0.4 is 15.8 Å². The van der Waals surface area contributed by atoms with Crippen molar-refractivity contribution in [2.45, 2.75) is 19.9 Å². The number of carbonyl (C=O) groups excluding carboxylic acids is 2. The summed E-state index contributed by atoms with van der Waals surface area (Å²) in [5.41, 5.74) is 6.72. The van der Waals surface area contributed by atoms with Gasteiger partial charge in [0.2, 0.25) is 5.91 Å². The Kier molecular flexibility index (Phi) is 6.55. The fourth-order valence-corrected chi connectivity index (χ4v) is 3.39. The average Bonchev–Trinajstić information content (AvgIpc) is 3.07. The van der Waals surface area contributed by atoms with Gasteiger partial charge in [0.05, 0.1) is 19.2 Å². The number of rotatable bonds is 8. The first-order valence-electron chi connectivity index (χ1n) is 8.01. The largest absolute Gasteiger partial charge is 0.497 e. The number of hydrogen-bond acceptors (Lipinski definition) is 5. The summed E-state index contributed by atoms with van der Waals surface area (Å²) in [6, 6.07) is 9.46. The molecule has 3 N–H and O–H groups in total. The molecule has 6 nitrogen and oxygen atoms in total. The van der Waals surface area contributed by atoms with Gasteiger partial charge in [-0.05, 0) is 42.6 Å². The summed E-state index contributed by atoms with van der Waals surface area (Å²) in [5, 5.41) is 4.99. The molecular weight excluding hydrogens is 338 g/mol. The first-order valence-corrected chi connectivity index (χ1v) is 8.89. The molecule has 7 heteroatoms. The van der Waals surface area contributed by atoms with Gasteiger partial charge in [0, 0.05) is 6.04 Å². The maximum atomic E-state index is 12.4. The smallest absolute Gasteiger partial charge is 0.251 e. The number of benzene rings is 1. The zero-order valence-electron chi connectivity index (χ0n) is 14.6. The molecule has 0 spiro atoms. The van der Waals surface area contributed by atoms with E-state index in [1.807, 2.05) is 43.0 Å². The summed E-state index contributed by atoms with van der Waals surface area (Å²) in [7, 11) is 1.63. The third kappa shape index (κ3) is 4.80. The summed E-state index contributed by atoms with van der Waals surface area (Å²) in [4.78, 5) is 25.8. The van der Waals surface area contributed by atoms with E-state index in [9.17, 15) is 9.59 Å². The lowest BCUT2D eigenvalue weighted by atomic mass is 10.1. The van der Waals surface area contributed by atoms with Gasteiger partial charge in [0.15, 0.2) is 0 Å². The van der Waals surface area contributed by atoms with Crippen LogP contribution in [0.5, 0.6) is 5.75 Å². The van der Waals surface area contributed by atoms with Gasteiger partial charge in [-0.3, -0.25) is 14.5 Å². The number of ether oxygens (including phenoxy) is 1. The molecule has 0 aliphatic rings. The number of methoxy groups -OCH3 is 1. The minimum Gasteiger partial charge on any atom is -0.497 e. The van der Waals surface area contributed by atoms with Crippen molar-refractivity contribution in [2.75, 3.05) is 25.5 Å². The molecule has 134 valence electrons. The monoisotopic (exact) mass is 361 g/mol. The minimum absolute atomic E-state index is 0.0461. The SMILES string of the molecule is CCN(CC(=O)Nc1sccc1C(N)=O)C(C)c1cccc(OC)c1. The predicted molar refractivity (Wildman–Crippen MR) is 100 cm³/mol. The van der Waals surface area contributed by atoms with E-state index in [2.05, 4.69) is 5.32 Å². The van der Waals surface area contributed by atoms with E-state index in [-0.39, 0.29) is 18.5 Å². The van der Waals surface area contributed by atoms with Crippen molar-refractivity contribution < 1.29 is 14.3 Å². The highest BCUT2D eigenvalue weighted by Gasteiger charge is 2.19. The van der Waals surface area contributed by atoms with Gasteiger partial charge in [-0.25, -0.2) is 0 Å². The standard InChI is InChI=1S/C18H23N3O3S/c1-4-21(12(2)13-6-5-7-14(10-13)24-3)11-16(22)20-18-15(17(19)23)8-9-25-18/h5-10,12H,4,11H2,1-3H3,(H2,19,23)(H,20,22).